The molecule has 7 heteroatoms. The van der Waals surface area contributed by atoms with Crippen LogP contribution in [0.3, 0.4) is 0 Å². The highest BCUT2D eigenvalue weighted by Gasteiger charge is 2.24. The summed E-state index contributed by atoms with van der Waals surface area (Å²) in [6.07, 6.45) is 1.84. The van der Waals surface area contributed by atoms with Gasteiger partial charge in [-0.15, -0.1) is 0 Å². The smallest absolute Gasteiger partial charge is 0.258 e. The zero-order chi connectivity index (χ0) is 21.1. The van der Waals surface area contributed by atoms with Crippen LogP contribution in [-0.4, -0.2) is 49.8 Å². The van der Waals surface area contributed by atoms with Crippen LogP contribution in [-0.2, 0) is 13.1 Å². The van der Waals surface area contributed by atoms with Crippen LogP contribution in [0.4, 0.5) is 0 Å². The van der Waals surface area contributed by atoms with Gasteiger partial charge in [0, 0.05) is 17.8 Å². The molecule has 0 spiro atoms. The van der Waals surface area contributed by atoms with Gasteiger partial charge in [0.1, 0.15) is 50.6 Å². The van der Waals surface area contributed by atoms with E-state index in [1.807, 2.05) is 31.3 Å². The van der Waals surface area contributed by atoms with Crippen molar-refractivity contribution in [3.8, 4) is 11.5 Å². The molecule has 158 valence electrons. The molecule has 7 nitrogen and oxygen atoms in total. The van der Waals surface area contributed by atoms with Crippen LogP contribution in [0.1, 0.15) is 16.8 Å². The first kappa shape index (κ1) is 20.4. The molecule has 1 saturated heterocycles. The number of aromatic nitrogens is 2. The Labute approximate surface area is 176 Å². The number of aryl methyl sites for hydroxylation is 1. The van der Waals surface area contributed by atoms with Gasteiger partial charge in [-0.05, 0) is 36.8 Å². The monoisotopic (exact) mass is 410 g/mol. The van der Waals surface area contributed by atoms with Crippen molar-refractivity contribution in [1.29, 1.82) is 0 Å². The average molecular weight is 411 g/mol. The van der Waals surface area contributed by atoms with E-state index >= 15 is 0 Å². The van der Waals surface area contributed by atoms with Gasteiger partial charge >= 0.3 is 0 Å². The first-order valence-electron chi connectivity index (χ1n) is 10.4. The van der Waals surface area contributed by atoms with Crippen LogP contribution in [0.2, 0.25) is 0 Å². The minimum Gasteiger partial charge on any atom is -0.493 e. The van der Waals surface area contributed by atoms with Crippen LogP contribution < -0.4 is 24.8 Å². The van der Waals surface area contributed by atoms with Gasteiger partial charge in [0.25, 0.3) is 5.56 Å². The van der Waals surface area contributed by atoms with Crippen molar-refractivity contribution < 1.29 is 19.3 Å². The van der Waals surface area contributed by atoms with Crippen molar-refractivity contribution in [1.82, 2.24) is 9.38 Å². The summed E-state index contributed by atoms with van der Waals surface area (Å²) in [4.78, 5) is 20.2. The molecule has 4 rings (SSSR count). The third-order valence-electron chi connectivity index (χ3n) is 5.86. The molecule has 3 heterocycles. The van der Waals surface area contributed by atoms with Gasteiger partial charge in [0.05, 0.1) is 14.2 Å². The minimum atomic E-state index is -0.00388. The van der Waals surface area contributed by atoms with E-state index in [0.717, 1.165) is 67.7 Å². The zero-order valence-corrected chi connectivity index (χ0v) is 17.9. The van der Waals surface area contributed by atoms with Crippen molar-refractivity contribution in [2.24, 2.45) is 0 Å². The Bertz CT molecular complexity index is 1090. The summed E-state index contributed by atoms with van der Waals surface area (Å²) in [5, 5.41) is 0. The number of piperazine rings is 1. The van der Waals surface area contributed by atoms with Crippen LogP contribution >= 0.6 is 0 Å². The van der Waals surface area contributed by atoms with Gasteiger partial charge in [-0.25, -0.2) is 4.98 Å². The second kappa shape index (κ2) is 8.85. The van der Waals surface area contributed by atoms with Gasteiger partial charge in [-0.3, -0.25) is 9.20 Å². The fraction of sp³-hybridized carbons (Fsp3) is 0.391. The molecule has 1 aromatic carbocycles. The summed E-state index contributed by atoms with van der Waals surface area (Å²) < 4.78 is 12.4. The second-order valence-corrected chi connectivity index (χ2v) is 8.06. The minimum absolute atomic E-state index is 0.00388. The normalized spacial score (nSPS) is 19.0. The molecule has 1 aliphatic rings. The number of rotatable bonds is 6. The van der Waals surface area contributed by atoms with Crippen LogP contribution in [0, 0.1) is 6.92 Å². The standard InChI is InChI=1S/C23H28N4O3/c1-17-4-7-22-24-19(13-23(28)27(22)14-17)16-26-10-8-25(9-11-26)15-18-5-6-20(29-2)21(12-18)30-3/h4-7,12-14H,8-11,15-16H2,1-3H3/p+2. The average Bonchev–Trinajstić information content (AvgIpc) is 2.75. The summed E-state index contributed by atoms with van der Waals surface area (Å²) in [6.45, 7) is 8.07. The molecule has 0 atom stereocenters. The summed E-state index contributed by atoms with van der Waals surface area (Å²) in [7, 11) is 3.33. The largest absolute Gasteiger partial charge is 0.493 e. The number of pyridine rings is 1. The second-order valence-electron chi connectivity index (χ2n) is 8.06. The summed E-state index contributed by atoms with van der Waals surface area (Å²) in [5.74, 6) is 1.54. The maximum Gasteiger partial charge on any atom is 0.258 e. The van der Waals surface area contributed by atoms with E-state index < -0.39 is 0 Å². The molecule has 2 aromatic heterocycles. The Hall–Kier alpha value is -2.90. The summed E-state index contributed by atoms with van der Waals surface area (Å²) in [6, 6.07) is 11.7. The van der Waals surface area contributed by atoms with E-state index in [0.29, 0.717) is 0 Å². The number of nitrogens with one attached hydrogen (secondary N) is 2. The van der Waals surface area contributed by atoms with Gasteiger partial charge < -0.3 is 19.3 Å². The lowest BCUT2D eigenvalue weighted by atomic mass is 10.1. The summed E-state index contributed by atoms with van der Waals surface area (Å²) >= 11 is 0. The van der Waals surface area contributed by atoms with E-state index in [1.54, 1.807) is 29.6 Å². The predicted octanol–water partition coefficient (Wildman–Crippen LogP) is -0.496. The Morgan fingerprint density at radius 3 is 2.33 bits per heavy atom. The molecule has 1 fully saturated rings. The molecule has 2 N–H and O–H groups in total. The molecule has 0 bridgehead atoms. The molecular weight excluding hydrogens is 380 g/mol. The van der Waals surface area contributed by atoms with Crippen molar-refractivity contribution in [3.63, 3.8) is 0 Å². The van der Waals surface area contributed by atoms with Crippen LogP contribution in [0.5, 0.6) is 11.5 Å². The molecule has 0 radical (unpaired) electrons. The highest BCUT2D eigenvalue weighted by atomic mass is 16.5. The molecule has 0 unspecified atom stereocenters. The maximum absolute atomic E-state index is 12.4. The number of fused-ring (bicyclic) bond motifs is 1. The number of methoxy groups -OCH3 is 2. The highest BCUT2D eigenvalue weighted by molar-refractivity contribution is 5.42. The SMILES string of the molecule is COc1ccc(C[NH+]2CC[NH+](Cc3cc(=O)n4cc(C)ccc4n3)CC2)cc1OC. The van der Waals surface area contributed by atoms with E-state index in [9.17, 15) is 4.79 Å². The maximum atomic E-state index is 12.4. The van der Waals surface area contributed by atoms with Crippen molar-refractivity contribution >= 4 is 5.65 Å². The number of benzene rings is 1. The van der Waals surface area contributed by atoms with Crippen LogP contribution in [0.15, 0.2) is 47.4 Å². The van der Waals surface area contributed by atoms with Crippen molar-refractivity contribution in [2.75, 3.05) is 40.4 Å². The first-order chi connectivity index (χ1) is 14.6. The summed E-state index contributed by atoms with van der Waals surface area (Å²) in [5.41, 5.74) is 3.90. The molecule has 0 aliphatic carbocycles. The molecule has 0 saturated carbocycles. The molecule has 30 heavy (non-hydrogen) atoms. The number of hydrogen-bond donors (Lipinski definition) is 2. The zero-order valence-electron chi connectivity index (χ0n) is 17.9. The Balaban J connectivity index is 1.36. The quantitative estimate of drug-likeness (QED) is 0.576. The van der Waals surface area contributed by atoms with Gasteiger partial charge in [-0.1, -0.05) is 6.07 Å². The topological polar surface area (TPSA) is 61.7 Å². The van der Waals surface area contributed by atoms with Crippen molar-refractivity contribution in [2.45, 2.75) is 20.0 Å². The van der Waals surface area contributed by atoms with E-state index in [2.05, 4.69) is 12.1 Å². The fourth-order valence-electron chi connectivity index (χ4n) is 4.19. The Kier molecular flexibility index (Phi) is 6.01. The van der Waals surface area contributed by atoms with Gasteiger partial charge in [0.2, 0.25) is 0 Å². The Morgan fingerprint density at radius 2 is 1.63 bits per heavy atom. The number of quaternary nitrogens is 2. The molecule has 3 aromatic rings. The third-order valence-corrected chi connectivity index (χ3v) is 5.86. The molecular formula is C23H30N4O3+2. The lowest BCUT2D eigenvalue weighted by molar-refractivity contribution is -1.02. The third kappa shape index (κ3) is 4.47. The number of hydrogen-bond acceptors (Lipinski definition) is 4. The van der Waals surface area contributed by atoms with Crippen LogP contribution in [0.25, 0.3) is 5.65 Å². The lowest BCUT2D eigenvalue weighted by Crippen LogP contribution is -3.27. The fourth-order valence-corrected chi connectivity index (χ4v) is 4.19. The van der Waals surface area contributed by atoms with E-state index in [4.69, 9.17) is 14.5 Å². The lowest BCUT2D eigenvalue weighted by Gasteiger charge is -2.29. The Morgan fingerprint density at radius 1 is 0.933 bits per heavy atom. The number of ether oxygens (including phenoxy) is 2. The van der Waals surface area contributed by atoms with Gasteiger partial charge in [-0.2, -0.15) is 0 Å². The van der Waals surface area contributed by atoms with Crippen molar-refractivity contribution in [3.05, 3.63) is 69.8 Å². The first-order valence-corrected chi connectivity index (χ1v) is 10.4. The molecule has 1 aliphatic heterocycles. The number of nitrogens with zero attached hydrogens (tertiary/aromatic N) is 2. The van der Waals surface area contributed by atoms with Gasteiger partial charge in [0.15, 0.2) is 11.5 Å². The molecule has 0 amide bonds. The highest BCUT2D eigenvalue weighted by Crippen LogP contribution is 2.27. The van der Waals surface area contributed by atoms with E-state index in [-0.39, 0.29) is 5.56 Å². The predicted molar refractivity (Wildman–Crippen MR) is 115 cm³/mol. The van der Waals surface area contributed by atoms with E-state index in [1.165, 1.54) is 10.5 Å².